The Bertz CT molecular complexity index is 1010. The summed E-state index contributed by atoms with van der Waals surface area (Å²) >= 11 is 0. The second-order valence-electron chi connectivity index (χ2n) is 6.20. The van der Waals surface area contributed by atoms with Crippen molar-refractivity contribution in [1.29, 1.82) is 0 Å². The fraction of sp³-hybridized carbons (Fsp3) is 0.250. The monoisotopic (exact) mass is 348 g/mol. The Morgan fingerprint density at radius 1 is 1.12 bits per heavy atom. The fourth-order valence-electron chi connectivity index (χ4n) is 2.97. The molecule has 0 bridgehead atoms. The third-order valence-corrected chi connectivity index (χ3v) is 4.39. The second-order valence-corrected chi connectivity index (χ2v) is 6.20. The van der Waals surface area contributed by atoms with Crippen molar-refractivity contribution >= 4 is 0 Å². The van der Waals surface area contributed by atoms with Crippen molar-refractivity contribution in [2.45, 2.75) is 33.2 Å². The molecule has 132 valence electrons. The zero-order chi connectivity index (χ0) is 18.1. The highest BCUT2D eigenvalue weighted by Crippen LogP contribution is 2.35. The average molecular weight is 348 g/mol. The van der Waals surface area contributed by atoms with Gasteiger partial charge in [-0.15, -0.1) is 0 Å². The van der Waals surface area contributed by atoms with Gasteiger partial charge in [0, 0.05) is 12.0 Å². The molecule has 0 saturated carbocycles. The predicted octanol–water partition coefficient (Wildman–Crippen LogP) is 4.67. The molecule has 0 aliphatic rings. The van der Waals surface area contributed by atoms with Crippen LogP contribution in [0.4, 0.5) is 0 Å². The first kappa shape index (κ1) is 16.3. The molecule has 6 nitrogen and oxygen atoms in total. The van der Waals surface area contributed by atoms with Crippen LogP contribution in [-0.4, -0.2) is 19.7 Å². The number of nitrogens with zero attached hydrogens (tertiary/aromatic N) is 4. The third-order valence-electron chi connectivity index (χ3n) is 4.39. The predicted molar refractivity (Wildman–Crippen MR) is 97.6 cm³/mol. The van der Waals surface area contributed by atoms with Crippen LogP contribution in [0.5, 0.6) is 0 Å². The van der Waals surface area contributed by atoms with Gasteiger partial charge in [-0.3, -0.25) is 0 Å². The van der Waals surface area contributed by atoms with Gasteiger partial charge in [-0.05, 0) is 26.0 Å². The third kappa shape index (κ3) is 2.83. The highest BCUT2D eigenvalue weighted by atomic mass is 16.5. The molecule has 26 heavy (non-hydrogen) atoms. The van der Waals surface area contributed by atoms with Crippen LogP contribution in [0.25, 0.3) is 22.7 Å². The fourth-order valence-corrected chi connectivity index (χ4v) is 2.97. The Hall–Kier alpha value is -3.15. The van der Waals surface area contributed by atoms with E-state index in [1.165, 1.54) is 0 Å². The van der Waals surface area contributed by atoms with Gasteiger partial charge in [-0.25, -0.2) is 4.98 Å². The molecule has 0 amide bonds. The minimum atomic E-state index is -0.159. The lowest BCUT2D eigenvalue weighted by molar-refractivity contribution is 0.342. The smallest absolute Gasteiger partial charge is 0.249 e. The lowest BCUT2D eigenvalue weighted by Gasteiger charge is -2.13. The molecular formula is C20H20N4O2. The number of rotatable bonds is 5. The van der Waals surface area contributed by atoms with Gasteiger partial charge in [0.2, 0.25) is 5.89 Å². The first-order valence-electron chi connectivity index (χ1n) is 8.69. The number of hydrogen-bond donors (Lipinski definition) is 0. The quantitative estimate of drug-likeness (QED) is 0.524. The van der Waals surface area contributed by atoms with Gasteiger partial charge in [0.15, 0.2) is 11.6 Å². The molecule has 4 rings (SSSR count). The van der Waals surface area contributed by atoms with E-state index in [9.17, 15) is 0 Å². The minimum Gasteiger partial charge on any atom is -0.460 e. The van der Waals surface area contributed by atoms with Crippen LogP contribution in [-0.2, 0) is 6.42 Å². The highest BCUT2D eigenvalue weighted by Gasteiger charge is 2.24. The van der Waals surface area contributed by atoms with E-state index in [1.807, 2.05) is 67.8 Å². The number of imidazole rings is 1. The van der Waals surface area contributed by atoms with Gasteiger partial charge in [-0.1, -0.05) is 42.4 Å². The summed E-state index contributed by atoms with van der Waals surface area (Å²) in [6, 6.07) is 13.8. The molecule has 0 spiro atoms. The van der Waals surface area contributed by atoms with Crippen LogP contribution in [0, 0.1) is 6.92 Å². The van der Waals surface area contributed by atoms with Crippen molar-refractivity contribution in [3.05, 3.63) is 66.3 Å². The molecule has 0 unspecified atom stereocenters. The van der Waals surface area contributed by atoms with Crippen molar-refractivity contribution in [2.75, 3.05) is 0 Å². The van der Waals surface area contributed by atoms with Gasteiger partial charge in [-0.2, -0.15) is 4.98 Å². The first-order valence-corrected chi connectivity index (χ1v) is 8.69. The van der Waals surface area contributed by atoms with E-state index in [1.54, 1.807) is 6.33 Å². The van der Waals surface area contributed by atoms with E-state index in [4.69, 9.17) is 8.94 Å². The van der Waals surface area contributed by atoms with Crippen molar-refractivity contribution in [1.82, 2.24) is 19.7 Å². The average Bonchev–Trinajstić information content (AvgIpc) is 3.40. The zero-order valence-electron chi connectivity index (χ0n) is 15.0. The molecule has 0 saturated heterocycles. The number of furan rings is 1. The molecule has 1 atom stereocenters. The topological polar surface area (TPSA) is 69.9 Å². The normalized spacial score (nSPS) is 12.4. The molecule has 0 N–H and O–H groups in total. The van der Waals surface area contributed by atoms with Crippen LogP contribution >= 0.6 is 0 Å². The second kappa shape index (κ2) is 6.63. The molecule has 6 heteroatoms. The number of aryl methyl sites for hydroxylation is 2. The summed E-state index contributed by atoms with van der Waals surface area (Å²) in [5.74, 6) is 2.88. The summed E-state index contributed by atoms with van der Waals surface area (Å²) in [5.41, 5.74) is 2.79. The van der Waals surface area contributed by atoms with Crippen molar-refractivity contribution in [2.24, 2.45) is 0 Å². The maximum absolute atomic E-state index is 5.92. The number of hydrogen-bond acceptors (Lipinski definition) is 5. The Kier molecular flexibility index (Phi) is 4.16. The van der Waals surface area contributed by atoms with Gasteiger partial charge >= 0.3 is 0 Å². The van der Waals surface area contributed by atoms with E-state index in [-0.39, 0.29) is 6.04 Å². The molecule has 1 aromatic carbocycles. The molecule has 0 aliphatic heterocycles. The summed E-state index contributed by atoms with van der Waals surface area (Å²) in [5, 5.41) is 4.01. The summed E-state index contributed by atoms with van der Waals surface area (Å²) < 4.78 is 13.4. The van der Waals surface area contributed by atoms with Gasteiger partial charge in [0.1, 0.15) is 17.5 Å². The van der Waals surface area contributed by atoms with E-state index in [0.717, 1.165) is 34.9 Å². The maximum Gasteiger partial charge on any atom is 0.249 e. The van der Waals surface area contributed by atoms with Crippen LogP contribution in [0.3, 0.4) is 0 Å². The SMILES string of the molecule is CCc1noc([C@@H](C)n2cnc(-c3ccccc3)c2-c2ccc(C)o2)n1. The maximum atomic E-state index is 5.92. The van der Waals surface area contributed by atoms with Crippen LogP contribution in [0.2, 0.25) is 0 Å². The molecule has 0 fully saturated rings. The van der Waals surface area contributed by atoms with E-state index in [2.05, 4.69) is 15.1 Å². The summed E-state index contributed by atoms with van der Waals surface area (Å²) in [6.07, 6.45) is 2.54. The Balaban J connectivity index is 1.86. The summed E-state index contributed by atoms with van der Waals surface area (Å²) in [6.45, 7) is 5.95. The zero-order valence-corrected chi connectivity index (χ0v) is 15.0. The highest BCUT2D eigenvalue weighted by molar-refractivity contribution is 5.76. The Morgan fingerprint density at radius 2 is 1.92 bits per heavy atom. The summed E-state index contributed by atoms with van der Waals surface area (Å²) in [4.78, 5) is 9.13. The standard InChI is InChI=1S/C20H20N4O2/c1-4-17-22-20(26-23-17)14(3)24-12-21-18(15-8-6-5-7-9-15)19(24)16-11-10-13(2)25-16/h5-12,14H,4H2,1-3H3/t14-/m1/s1. The van der Waals surface area contributed by atoms with Crippen molar-refractivity contribution < 1.29 is 8.94 Å². The van der Waals surface area contributed by atoms with Gasteiger partial charge in [0.25, 0.3) is 0 Å². The minimum absolute atomic E-state index is 0.159. The van der Waals surface area contributed by atoms with Crippen molar-refractivity contribution in [3.8, 4) is 22.7 Å². The lowest BCUT2D eigenvalue weighted by Crippen LogP contribution is -2.08. The van der Waals surface area contributed by atoms with E-state index in [0.29, 0.717) is 11.7 Å². The number of aromatic nitrogens is 4. The van der Waals surface area contributed by atoms with Crippen molar-refractivity contribution in [3.63, 3.8) is 0 Å². The van der Waals surface area contributed by atoms with Crippen LogP contribution < -0.4 is 0 Å². The molecule has 3 aromatic heterocycles. The van der Waals surface area contributed by atoms with E-state index >= 15 is 0 Å². The van der Waals surface area contributed by atoms with Crippen LogP contribution in [0.1, 0.15) is 37.4 Å². The largest absolute Gasteiger partial charge is 0.460 e. The molecule has 4 aromatic rings. The number of benzene rings is 1. The van der Waals surface area contributed by atoms with E-state index < -0.39 is 0 Å². The summed E-state index contributed by atoms with van der Waals surface area (Å²) in [7, 11) is 0. The van der Waals surface area contributed by atoms with Crippen LogP contribution in [0.15, 0.2) is 57.7 Å². The molecule has 0 aliphatic carbocycles. The van der Waals surface area contributed by atoms with Gasteiger partial charge in [0.05, 0.1) is 12.0 Å². The lowest BCUT2D eigenvalue weighted by atomic mass is 10.1. The Morgan fingerprint density at radius 3 is 2.58 bits per heavy atom. The molecule has 0 radical (unpaired) electrons. The first-order chi connectivity index (χ1) is 12.7. The molecular weight excluding hydrogens is 328 g/mol. The molecule has 3 heterocycles. The van der Waals surface area contributed by atoms with Gasteiger partial charge < -0.3 is 13.5 Å². The Labute approximate surface area is 151 Å².